The van der Waals surface area contributed by atoms with E-state index in [4.69, 9.17) is 55.9 Å². The van der Waals surface area contributed by atoms with E-state index in [1.54, 1.807) is 30.3 Å². The van der Waals surface area contributed by atoms with Gasteiger partial charge in [-0.1, -0.05) is 52.5 Å². The first-order valence-corrected chi connectivity index (χ1v) is 9.31. The zero-order chi connectivity index (χ0) is 18.1. The molecule has 0 fully saturated rings. The van der Waals surface area contributed by atoms with Crippen molar-refractivity contribution < 1.29 is 14.3 Å². The molecular weight excluding hydrogens is 426 g/mol. The Balaban J connectivity index is 1.90. The minimum atomic E-state index is -0.572. The van der Waals surface area contributed by atoms with Crippen LogP contribution in [0.2, 0.25) is 20.1 Å². The molecule has 0 N–H and O–H groups in total. The number of hydrogen-bond acceptors (Lipinski definition) is 4. The number of fused-ring (bicyclic) bond motifs is 1. The highest BCUT2D eigenvalue weighted by Crippen LogP contribution is 2.43. The minimum Gasteiger partial charge on any atom is -0.495 e. The summed E-state index contributed by atoms with van der Waals surface area (Å²) in [6.45, 7) is -0.0566. The average Bonchev–Trinajstić information content (AvgIpc) is 2.92. The largest absolute Gasteiger partial charge is 0.495 e. The lowest BCUT2D eigenvalue weighted by atomic mass is 10.2. The van der Waals surface area contributed by atoms with E-state index in [9.17, 15) is 4.79 Å². The van der Waals surface area contributed by atoms with Crippen molar-refractivity contribution in [3.63, 3.8) is 0 Å². The van der Waals surface area contributed by atoms with Gasteiger partial charge in [-0.2, -0.15) is 0 Å². The van der Waals surface area contributed by atoms with Gasteiger partial charge in [-0.25, -0.2) is 4.79 Å². The Kier molecular flexibility index (Phi) is 5.66. The summed E-state index contributed by atoms with van der Waals surface area (Å²) in [4.78, 5) is 12.7. The van der Waals surface area contributed by atoms with Crippen LogP contribution in [-0.4, -0.2) is 13.1 Å². The van der Waals surface area contributed by atoms with E-state index in [0.717, 1.165) is 11.3 Å². The number of benzene rings is 2. The highest BCUT2D eigenvalue weighted by Gasteiger charge is 2.22. The molecule has 0 aliphatic rings. The molecule has 8 heteroatoms. The summed E-state index contributed by atoms with van der Waals surface area (Å²) in [5, 5.41) is 2.21. The monoisotopic (exact) mass is 434 g/mol. The van der Waals surface area contributed by atoms with E-state index in [1.807, 2.05) is 0 Å². The van der Waals surface area contributed by atoms with Crippen LogP contribution >= 0.6 is 57.7 Å². The maximum atomic E-state index is 12.4. The number of hydrogen-bond donors (Lipinski definition) is 0. The fourth-order valence-electron chi connectivity index (χ4n) is 2.24. The number of carbonyl (C=O) groups is 1. The molecule has 0 aliphatic heterocycles. The Morgan fingerprint density at radius 1 is 1.04 bits per heavy atom. The third-order valence-corrected chi connectivity index (χ3v) is 6.42. The molecule has 1 aromatic heterocycles. The lowest BCUT2D eigenvalue weighted by molar-refractivity contribution is 0.0479. The Labute approximate surface area is 168 Å². The zero-order valence-electron chi connectivity index (χ0n) is 12.7. The van der Waals surface area contributed by atoms with E-state index < -0.39 is 5.97 Å². The first kappa shape index (κ1) is 18.6. The molecule has 0 aliphatic carbocycles. The molecule has 0 bridgehead atoms. The predicted octanol–water partition coefficient (Wildman–Crippen LogP) is 6.88. The SMILES string of the molecule is COc1ccc2c(Cl)c(C(=O)OCc3c(Cl)cccc3Cl)sc2c1Cl. The van der Waals surface area contributed by atoms with Crippen LogP contribution in [0.15, 0.2) is 30.3 Å². The van der Waals surface area contributed by atoms with Crippen LogP contribution in [0.1, 0.15) is 15.2 Å². The lowest BCUT2D eigenvalue weighted by Crippen LogP contribution is -2.04. The van der Waals surface area contributed by atoms with Crippen LogP contribution in [0.3, 0.4) is 0 Å². The Hall–Kier alpha value is -1.17. The van der Waals surface area contributed by atoms with Gasteiger partial charge >= 0.3 is 5.97 Å². The van der Waals surface area contributed by atoms with E-state index in [1.165, 1.54) is 7.11 Å². The molecule has 130 valence electrons. The molecule has 2 aromatic carbocycles. The number of halogens is 4. The Bertz CT molecular complexity index is 948. The Morgan fingerprint density at radius 2 is 1.72 bits per heavy atom. The van der Waals surface area contributed by atoms with Crippen LogP contribution in [0.5, 0.6) is 5.75 Å². The third kappa shape index (κ3) is 3.55. The average molecular weight is 436 g/mol. The molecule has 25 heavy (non-hydrogen) atoms. The standard InChI is InChI=1S/C17H10Cl4O3S/c1-23-12-6-5-8-13(20)16(25-15(8)14(12)21)17(22)24-7-9-10(18)3-2-4-11(9)19/h2-6H,7H2,1H3. The van der Waals surface area contributed by atoms with Crippen molar-refractivity contribution in [2.75, 3.05) is 7.11 Å². The number of thiophene rings is 1. The molecule has 3 nitrogen and oxygen atoms in total. The summed E-state index contributed by atoms with van der Waals surface area (Å²) in [5.41, 5.74) is 0.538. The molecule has 0 saturated heterocycles. The van der Waals surface area contributed by atoms with Gasteiger partial charge in [0.25, 0.3) is 0 Å². The van der Waals surface area contributed by atoms with Gasteiger partial charge in [-0.3, -0.25) is 0 Å². The third-order valence-electron chi connectivity index (χ3n) is 3.52. The summed E-state index contributed by atoms with van der Waals surface area (Å²) < 4.78 is 11.2. The van der Waals surface area contributed by atoms with Crippen molar-refractivity contribution in [2.45, 2.75) is 6.61 Å². The van der Waals surface area contributed by atoms with Crippen molar-refractivity contribution in [3.05, 3.63) is 60.9 Å². The number of methoxy groups -OCH3 is 1. The quantitative estimate of drug-likeness (QED) is 0.419. The van der Waals surface area contributed by atoms with Crippen LogP contribution in [-0.2, 0) is 11.3 Å². The van der Waals surface area contributed by atoms with Gasteiger partial charge in [0, 0.05) is 21.0 Å². The molecule has 0 spiro atoms. The van der Waals surface area contributed by atoms with E-state index >= 15 is 0 Å². The Morgan fingerprint density at radius 3 is 2.36 bits per heavy atom. The second-order valence-electron chi connectivity index (χ2n) is 4.98. The normalized spacial score (nSPS) is 10.9. The molecule has 0 amide bonds. The first-order chi connectivity index (χ1) is 11.9. The summed E-state index contributed by atoms with van der Waals surface area (Å²) in [6, 6.07) is 8.51. The highest BCUT2D eigenvalue weighted by atomic mass is 35.5. The molecule has 1 heterocycles. The van der Waals surface area contributed by atoms with Gasteiger partial charge in [-0.05, 0) is 24.3 Å². The molecule has 0 atom stereocenters. The van der Waals surface area contributed by atoms with Crippen molar-refractivity contribution >= 4 is 73.8 Å². The second kappa shape index (κ2) is 7.60. The van der Waals surface area contributed by atoms with Gasteiger partial charge < -0.3 is 9.47 Å². The maximum absolute atomic E-state index is 12.4. The predicted molar refractivity (Wildman–Crippen MR) is 104 cm³/mol. The number of carbonyl (C=O) groups excluding carboxylic acids is 1. The summed E-state index contributed by atoms with van der Waals surface area (Å²) in [7, 11) is 1.52. The molecule has 3 aromatic rings. The fourth-order valence-corrected chi connectivity index (χ4v) is 4.53. The lowest BCUT2D eigenvalue weighted by Gasteiger charge is -2.07. The summed E-state index contributed by atoms with van der Waals surface area (Å²) in [6.07, 6.45) is 0. The van der Waals surface area contributed by atoms with Gasteiger partial charge in [0.1, 0.15) is 22.3 Å². The second-order valence-corrected chi connectivity index (χ2v) is 7.57. The first-order valence-electron chi connectivity index (χ1n) is 6.98. The van der Waals surface area contributed by atoms with Crippen LogP contribution in [0, 0.1) is 0 Å². The van der Waals surface area contributed by atoms with Crippen LogP contribution in [0.4, 0.5) is 0 Å². The molecule has 0 saturated carbocycles. The van der Waals surface area contributed by atoms with Gasteiger partial charge in [0.15, 0.2) is 0 Å². The molecule has 0 radical (unpaired) electrons. The smallest absolute Gasteiger partial charge is 0.350 e. The number of esters is 1. The van der Waals surface area contributed by atoms with E-state index in [0.29, 0.717) is 41.5 Å². The molecule has 0 unspecified atom stereocenters. The fraction of sp³-hybridized carbons (Fsp3) is 0.118. The summed E-state index contributed by atoms with van der Waals surface area (Å²) in [5.74, 6) is -0.0629. The molecule has 3 rings (SSSR count). The van der Waals surface area contributed by atoms with Crippen LogP contribution in [0.25, 0.3) is 10.1 Å². The number of rotatable bonds is 4. The zero-order valence-corrected chi connectivity index (χ0v) is 16.6. The van der Waals surface area contributed by atoms with Gasteiger partial charge in [0.05, 0.1) is 16.8 Å². The van der Waals surface area contributed by atoms with E-state index in [-0.39, 0.29) is 11.5 Å². The van der Waals surface area contributed by atoms with Crippen molar-refractivity contribution in [3.8, 4) is 5.75 Å². The summed E-state index contributed by atoms with van der Waals surface area (Å²) >= 11 is 25.9. The van der Waals surface area contributed by atoms with Crippen molar-refractivity contribution in [2.24, 2.45) is 0 Å². The van der Waals surface area contributed by atoms with E-state index in [2.05, 4.69) is 0 Å². The van der Waals surface area contributed by atoms with Gasteiger partial charge in [-0.15, -0.1) is 11.3 Å². The van der Waals surface area contributed by atoms with Gasteiger partial charge in [0.2, 0.25) is 0 Å². The minimum absolute atomic E-state index is 0.0566. The van der Waals surface area contributed by atoms with Crippen molar-refractivity contribution in [1.82, 2.24) is 0 Å². The maximum Gasteiger partial charge on any atom is 0.350 e. The topological polar surface area (TPSA) is 35.5 Å². The number of ether oxygens (including phenoxy) is 2. The van der Waals surface area contributed by atoms with Crippen molar-refractivity contribution in [1.29, 1.82) is 0 Å². The van der Waals surface area contributed by atoms with Crippen LogP contribution < -0.4 is 4.74 Å². The highest BCUT2D eigenvalue weighted by molar-refractivity contribution is 7.22. The molecular formula is C17H10Cl4O3S.